The monoisotopic (exact) mass is 396 g/mol. The maximum Gasteiger partial charge on any atom is 0.265 e. The van der Waals surface area contributed by atoms with E-state index in [0.717, 1.165) is 18.2 Å². The van der Waals surface area contributed by atoms with Crippen LogP contribution < -0.4 is 4.74 Å². The van der Waals surface area contributed by atoms with Crippen molar-refractivity contribution in [1.82, 2.24) is 0 Å². The predicted octanol–water partition coefficient (Wildman–Crippen LogP) is 4.23. The quantitative estimate of drug-likeness (QED) is 0.725. The molecule has 0 atom stereocenters. The Kier molecular flexibility index (Phi) is 4.85. The van der Waals surface area contributed by atoms with E-state index in [1.165, 1.54) is 12.1 Å². The van der Waals surface area contributed by atoms with E-state index in [-0.39, 0.29) is 16.8 Å². The minimum absolute atomic E-state index is 0.108. The molecular weight excluding hydrogens is 390 g/mol. The summed E-state index contributed by atoms with van der Waals surface area (Å²) in [6, 6.07) is 7.31. The Hall–Kier alpha value is -1.18. The fourth-order valence-electron chi connectivity index (χ4n) is 1.61. The van der Waals surface area contributed by atoms with Gasteiger partial charge in [-0.3, -0.25) is 0 Å². The molecule has 0 saturated carbocycles. The number of benzene rings is 2. The molecule has 0 aliphatic carbocycles. The minimum Gasteiger partial charge on any atom is -0.487 e. The van der Waals surface area contributed by atoms with Gasteiger partial charge in [-0.25, -0.2) is 17.2 Å². The second-order valence-electron chi connectivity index (χ2n) is 4.03. The maximum atomic E-state index is 13.4. The normalized spacial score (nSPS) is 11.4. The second-order valence-corrected chi connectivity index (χ2v) is 7.36. The summed E-state index contributed by atoms with van der Waals surface area (Å²) in [5.74, 6) is -1.34. The fraction of sp³-hybridized carbons (Fsp3) is 0.0769. The molecule has 2 rings (SSSR count). The number of rotatable bonds is 4. The average molecular weight is 398 g/mol. The van der Waals surface area contributed by atoms with Gasteiger partial charge in [-0.1, -0.05) is 12.1 Å². The van der Waals surface area contributed by atoms with Gasteiger partial charge in [-0.15, -0.1) is 0 Å². The van der Waals surface area contributed by atoms with Gasteiger partial charge in [0, 0.05) is 16.2 Å². The van der Waals surface area contributed by atoms with Gasteiger partial charge >= 0.3 is 0 Å². The van der Waals surface area contributed by atoms with E-state index in [1.54, 1.807) is 6.07 Å². The molecule has 0 spiro atoms. The lowest BCUT2D eigenvalue weighted by atomic mass is 10.2. The Balaban J connectivity index is 2.31. The van der Waals surface area contributed by atoms with Gasteiger partial charge in [0.25, 0.3) is 9.05 Å². The Bertz CT molecular complexity index is 781. The first-order valence-electron chi connectivity index (χ1n) is 5.59. The van der Waals surface area contributed by atoms with Crippen LogP contribution in [0.15, 0.2) is 45.8 Å². The van der Waals surface area contributed by atoms with E-state index in [0.29, 0.717) is 5.56 Å². The molecule has 112 valence electrons. The maximum absolute atomic E-state index is 13.4. The zero-order chi connectivity index (χ0) is 15.6. The molecule has 0 heterocycles. The SMILES string of the molecule is O=S(=O)(Cl)c1cc(F)ccc1OCc1cccc(F)c1Br. The Morgan fingerprint density at radius 3 is 2.57 bits per heavy atom. The first kappa shape index (κ1) is 16.2. The molecular formula is C13H8BrClF2O3S. The minimum atomic E-state index is -4.16. The van der Waals surface area contributed by atoms with E-state index in [2.05, 4.69) is 15.9 Å². The standard InChI is InChI=1S/C13H8BrClF2O3S/c14-13-8(2-1-3-10(13)17)7-20-11-5-4-9(16)6-12(11)21(15,18)19/h1-6H,7H2. The molecule has 0 fully saturated rings. The van der Waals surface area contributed by atoms with Crippen LogP contribution in [0.2, 0.25) is 0 Å². The largest absolute Gasteiger partial charge is 0.487 e. The van der Waals surface area contributed by atoms with Gasteiger partial charge in [0.2, 0.25) is 0 Å². The third-order valence-electron chi connectivity index (χ3n) is 2.58. The average Bonchev–Trinajstić information content (AvgIpc) is 2.40. The molecule has 0 N–H and O–H groups in total. The van der Waals surface area contributed by atoms with E-state index in [9.17, 15) is 17.2 Å². The number of ether oxygens (including phenoxy) is 1. The summed E-state index contributed by atoms with van der Waals surface area (Å²) >= 11 is 3.06. The summed E-state index contributed by atoms with van der Waals surface area (Å²) in [7, 11) is 1.07. The molecule has 8 heteroatoms. The molecule has 0 aliphatic rings. The van der Waals surface area contributed by atoms with Crippen molar-refractivity contribution in [3.63, 3.8) is 0 Å². The molecule has 0 aliphatic heterocycles. The summed E-state index contributed by atoms with van der Waals surface area (Å²) in [5, 5.41) is 0. The van der Waals surface area contributed by atoms with E-state index < -0.39 is 25.6 Å². The van der Waals surface area contributed by atoms with Crippen LogP contribution in [-0.4, -0.2) is 8.42 Å². The van der Waals surface area contributed by atoms with Crippen LogP contribution in [0, 0.1) is 11.6 Å². The van der Waals surface area contributed by atoms with Gasteiger partial charge in [0.15, 0.2) is 0 Å². The first-order valence-corrected chi connectivity index (χ1v) is 8.69. The molecule has 0 unspecified atom stereocenters. The molecule has 0 radical (unpaired) electrons. The van der Waals surface area contributed by atoms with Crippen molar-refractivity contribution in [1.29, 1.82) is 0 Å². The van der Waals surface area contributed by atoms with Crippen molar-refractivity contribution < 1.29 is 21.9 Å². The molecule has 0 bridgehead atoms. The fourth-order valence-corrected chi connectivity index (χ4v) is 2.97. The van der Waals surface area contributed by atoms with Gasteiger partial charge in [-0.05, 0) is 40.2 Å². The molecule has 3 nitrogen and oxygen atoms in total. The predicted molar refractivity (Wildman–Crippen MR) is 77.9 cm³/mol. The van der Waals surface area contributed by atoms with E-state index in [1.807, 2.05) is 0 Å². The van der Waals surface area contributed by atoms with Crippen LogP contribution in [0.3, 0.4) is 0 Å². The van der Waals surface area contributed by atoms with Gasteiger partial charge in [-0.2, -0.15) is 0 Å². The van der Waals surface area contributed by atoms with Crippen LogP contribution in [0.5, 0.6) is 5.75 Å². The number of halogens is 4. The van der Waals surface area contributed by atoms with Crippen LogP contribution in [-0.2, 0) is 15.7 Å². The molecule has 21 heavy (non-hydrogen) atoms. The molecule has 2 aromatic carbocycles. The smallest absolute Gasteiger partial charge is 0.265 e. The Labute approximate surface area is 133 Å². The summed E-state index contributed by atoms with van der Waals surface area (Å²) in [6.45, 7) is -0.108. The zero-order valence-corrected chi connectivity index (χ0v) is 13.5. The lowest BCUT2D eigenvalue weighted by Gasteiger charge is -2.11. The summed E-state index contributed by atoms with van der Waals surface area (Å²) < 4.78 is 54.8. The molecule has 2 aromatic rings. The van der Waals surface area contributed by atoms with Crippen molar-refractivity contribution >= 4 is 35.7 Å². The second kappa shape index (κ2) is 6.29. The Morgan fingerprint density at radius 2 is 1.90 bits per heavy atom. The third kappa shape index (κ3) is 3.93. The lowest BCUT2D eigenvalue weighted by Crippen LogP contribution is -2.02. The topological polar surface area (TPSA) is 43.4 Å². The summed E-state index contributed by atoms with van der Waals surface area (Å²) in [5.41, 5.74) is 0.470. The van der Waals surface area contributed by atoms with Crippen LogP contribution in [0.4, 0.5) is 8.78 Å². The molecule has 0 amide bonds. The first-order chi connectivity index (χ1) is 9.79. The highest BCUT2D eigenvalue weighted by atomic mass is 79.9. The lowest BCUT2D eigenvalue weighted by molar-refractivity contribution is 0.296. The summed E-state index contributed by atoms with van der Waals surface area (Å²) in [6.07, 6.45) is 0. The van der Waals surface area contributed by atoms with Crippen molar-refractivity contribution in [2.24, 2.45) is 0 Å². The van der Waals surface area contributed by atoms with Crippen molar-refractivity contribution in [3.8, 4) is 5.75 Å². The highest BCUT2D eigenvalue weighted by molar-refractivity contribution is 9.10. The van der Waals surface area contributed by atoms with Gasteiger partial charge in [0.05, 0.1) is 4.47 Å². The molecule has 0 saturated heterocycles. The number of hydrogen-bond donors (Lipinski definition) is 0. The van der Waals surface area contributed by atoms with Gasteiger partial charge < -0.3 is 4.74 Å². The Morgan fingerprint density at radius 1 is 1.19 bits per heavy atom. The third-order valence-corrected chi connectivity index (χ3v) is 4.81. The van der Waals surface area contributed by atoms with Gasteiger partial charge in [0.1, 0.15) is 28.9 Å². The zero-order valence-electron chi connectivity index (χ0n) is 10.3. The van der Waals surface area contributed by atoms with Crippen molar-refractivity contribution in [3.05, 3.63) is 58.1 Å². The van der Waals surface area contributed by atoms with Crippen LogP contribution in [0.25, 0.3) is 0 Å². The highest BCUT2D eigenvalue weighted by Crippen LogP contribution is 2.29. The summed E-state index contributed by atoms with van der Waals surface area (Å²) in [4.78, 5) is -0.475. The van der Waals surface area contributed by atoms with E-state index in [4.69, 9.17) is 15.4 Å². The van der Waals surface area contributed by atoms with Crippen LogP contribution in [0.1, 0.15) is 5.56 Å². The van der Waals surface area contributed by atoms with E-state index >= 15 is 0 Å². The number of hydrogen-bond acceptors (Lipinski definition) is 3. The van der Waals surface area contributed by atoms with Crippen molar-refractivity contribution in [2.45, 2.75) is 11.5 Å². The highest BCUT2D eigenvalue weighted by Gasteiger charge is 2.18. The van der Waals surface area contributed by atoms with Crippen LogP contribution >= 0.6 is 26.6 Å². The molecule has 0 aromatic heterocycles. The van der Waals surface area contributed by atoms with Crippen molar-refractivity contribution in [2.75, 3.05) is 0 Å².